The van der Waals surface area contributed by atoms with Gasteiger partial charge in [0.15, 0.2) is 0 Å². The largest absolute Gasteiger partial charge is 0.307 e. The van der Waals surface area contributed by atoms with Crippen molar-refractivity contribution in [3.05, 3.63) is 68.7 Å². The molecule has 0 amide bonds. The fourth-order valence-electron chi connectivity index (χ4n) is 2.71. The van der Waals surface area contributed by atoms with Crippen molar-refractivity contribution in [2.45, 2.75) is 33.7 Å². The van der Waals surface area contributed by atoms with Crippen LogP contribution in [0.3, 0.4) is 0 Å². The summed E-state index contributed by atoms with van der Waals surface area (Å²) in [7, 11) is 0. The second kappa shape index (κ2) is 6.55. The molecule has 1 N–H and O–H groups in total. The summed E-state index contributed by atoms with van der Waals surface area (Å²) in [6, 6.07) is 13.5. The Balaban J connectivity index is 2.52. The summed E-state index contributed by atoms with van der Waals surface area (Å²) in [5, 5.41) is 3.62. The van der Waals surface area contributed by atoms with Gasteiger partial charge in [-0.05, 0) is 56.1 Å². The van der Waals surface area contributed by atoms with E-state index in [1.807, 2.05) is 0 Å². The molecule has 0 aromatic heterocycles. The van der Waals surface area contributed by atoms with Gasteiger partial charge < -0.3 is 5.32 Å². The van der Waals surface area contributed by atoms with Crippen molar-refractivity contribution >= 4 is 15.9 Å². The van der Waals surface area contributed by atoms with Gasteiger partial charge in [-0.3, -0.25) is 0 Å². The highest BCUT2D eigenvalue weighted by Gasteiger charge is 2.16. The Morgan fingerprint density at radius 1 is 1.00 bits per heavy atom. The van der Waals surface area contributed by atoms with E-state index in [4.69, 9.17) is 0 Å². The van der Waals surface area contributed by atoms with Crippen LogP contribution < -0.4 is 5.32 Å². The molecule has 0 aliphatic heterocycles. The molecule has 2 rings (SSSR count). The summed E-state index contributed by atoms with van der Waals surface area (Å²) in [4.78, 5) is 0. The Bertz CT molecular complexity index is 584. The molecule has 0 bridgehead atoms. The van der Waals surface area contributed by atoms with Gasteiger partial charge in [0.2, 0.25) is 0 Å². The Kier molecular flexibility index (Phi) is 5.00. The summed E-state index contributed by atoms with van der Waals surface area (Å²) in [6.07, 6.45) is 0. The van der Waals surface area contributed by atoms with Crippen molar-refractivity contribution in [1.29, 1.82) is 0 Å². The standard InChI is InChI=1S/C18H22BrN/c1-5-20-18(15-9-12(2)8-13(3)10-15)17-11-16(19)7-6-14(17)4/h6-11,18,20H,5H2,1-4H3. The molecule has 2 aromatic carbocycles. The van der Waals surface area contributed by atoms with Crippen LogP contribution in [0, 0.1) is 20.8 Å². The molecule has 0 saturated heterocycles. The number of rotatable bonds is 4. The second-order valence-electron chi connectivity index (χ2n) is 5.41. The lowest BCUT2D eigenvalue weighted by Gasteiger charge is -2.22. The number of nitrogens with one attached hydrogen (secondary N) is 1. The molecule has 0 heterocycles. The van der Waals surface area contributed by atoms with Crippen LogP contribution in [0.25, 0.3) is 0 Å². The first kappa shape index (κ1) is 15.3. The van der Waals surface area contributed by atoms with Gasteiger partial charge in [0.1, 0.15) is 0 Å². The van der Waals surface area contributed by atoms with Crippen LogP contribution in [-0.2, 0) is 0 Å². The molecule has 0 aliphatic rings. The Morgan fingerprint density at radius 2 is 1.65 bits per heavy atom. The lowest BCUT2D eigenvalue weighted by atomic mass is 9.93. The number of benzene rings is 2. The van der Waals surface area contributed by atoms with Gasteiger partial charge in [-0.15, -0.1) is 0 Å². The maximum Gasteiger partial charge on any atom is 0.0579 e. The fourth-order valence-corrected chi connectivity index (χ4v) is 3.09. The minimum atomic E-state index is 0.246. The van der Waals surface area contributed by atoms with Gasteiger partial charge in [-0.25, -0.2) is 0 Å². The normalized spacial score (nSPS) is 12.4. The number of halogens is 1. The van der Waals surface area contributed by atoms with E-state index in [1.165, 1.54) is 27.8 Å². The summed E-state index contributed by atoms with van der Waals surface area (Å²) in [6.45, 7) is 9.60. The second-order valence-corrected chi connectivity index (χ2v) is 6.33. The van der Waals surface area contributed by atoms with E-state index < -0.39 is 0 Å². The molecule has 2 aromatic rings. The minimum absolute atomic E-state index is 0.246. The molecule has 1 unspecified atom stereocenters. The molecular weight excluding hydrogens is 310 g/mol. The molecule has 0 aliphatic carbocycles. The molecule has 1 nitrogen and oxygen atoms in total. The van der Waals surface area contributed by atoms with E-state index in [0.717, 1.165) is 11.0 Å². The average molecular weight is 332 g/mol. The molecule has 106 valence electrons. The van der Waals surface area contributed by atoms with Crippen molar-refractivity contribution in [2.75, 3.05) is 6.54 Å². The van der Waals surface area contributed by atoms with Crippen LogP contribution >= 0.6 is 15.9 Å². The quantitative estimate of drug-likeness (QED) is 0.824. The zero-order chi connectivity index (χ0) is 14.7. The first-order valence-electron chi connectivity index (χ1n) is 7.09. The lowest BCUT2D eigenvalue weighted by molar-refractivity contribution is 0.626. The van der Waals surface area contributed by atoms with Crippen LogP contribution in [0.4, 0.5) is 0 Å². The van der Waals surface area contributed by atoms with E-state index in [9.17, 15) is 0 Å². The summed E-state index contributed by atoms with van der Waals surface area (Å²) in [5.74, 6) is 0. The third kappa shape index (κ3) is 3.50. The lowest BCUT2D eigenvalue weighted by Crippen LogP contribution is -2.23. The molecule has 2 heteroatoms. The van der Waals surface area contributed by atoms with Crippen LogP contribution in [0.1, 0.15) is 40.8 Å². The third-order valence-electron chi connectivity index (χ3n) is 3.54. The van der Waals surface area contributed by atoms with Crippen LogP contribution in [-0.4, -0.2) is 6.54 Å². The Morgan fingerprint density at radius 3 is 2.25 bits per heavy atom. The third-order valence-corrected chi connectivity index (χ3v) is 4.03. The van der Waals surface area contributed by atoms with Gasteiger partial charge in [0.05, 0.1) is 6.04 Å². The average Bonchev–Trinajstić information content (AvgIpc) is 2.38. The first-order valence-corrected chi connectivity index (χ1v) is 7.88. The maximum absolute atomic E-state index is 3.62. The topological polar surface area (TPSA) is 12.0 Å². The highest BCUT2D eigenvalue weighted by molar-refractivity contribution is 9.10. The van der Waals surface area contributed by atoms with Gasteiger partial charge in [-0.2, -0.15) is 0 Å². The van der Waals surface area contributed by atoms with Gasteiger partial charge in [-0.1, -0.05) is 58.2 Å². The monoisotopic (exact) mass is 331 g/mol. The van der Waals surface area contributed by atoms with Gasteiger partial charge in [0, 0.05) is 4.47 Å². The predicted octanol–water partition coefficient (Wildman–Crippen LogP) is 5.07. The van der Waals surface area contributed by atoms with Crippen LogP contribution in [0.5, 0.6) is 0 Å². The summed E-state index contributed by atoms with van der Waals surface area (Å²) >= 11 is 3.59. The van der Waals surface area contributed by atoms with Crippen molar-refractivity contribution in [1.82, 2.24) is 5.32 Å². The molecule has 0 saturated carbocycles. The predicted molar refractivity (Wildman–Crippen MR) is 90.3 cm³/mol. The SMILES string of the molecule is CCNC(c1cc(C)cc(C)c1)c1cc(Br)ccc1C. The van der Waals surface area contributed by atoms with Crippen LogP contribution in [0.2, 0.25) is 0 Å². The van der Waals surface area contributed by atoms with Crippen molar-refractivity contribution < 1.29 is 0 Å². The van der Waals surface area contributed by atoms with Crippen LogP contribution in [0.15, 0.2) is 40.9 Å². The molecule has 0 fully saturated rings. The Labute approximate surface area is 130 Å². The first-order chi connectivity index (χ1) is 9.51. The van der Waals surface area contributed by atoms with Gasteiger partial charge >= 0.3 is 0 Å². The molecule has 0 radical (unpaired) electrons. The van der Waals surface area contributed by atoms with E-state index >= 15 is 0 Å². The molecule has 20 heavy (non-hydrogen) atoms. The fraction of sp³-hybridized carbons (Fsp3) is 0.333. The van der Waals surface area contributed by atoms with E-state index in [2.05, 4.69) is 85.3 Å². The number of aryl methyl sites for hydroxylation is 3. The highest BCUT2D eigenvalue weighted by Crippen LogP contribution is 2.28. The zero-order valence-corrected chi connectivity index (χ0v) is 14.2. The molecule has 1 atom stereocenters. The number of hydrogen-bond donors (Lipinski definition) is 1. The van der Waals surface area contributed by atoms with Crippen molar-refractivity contribution in [3.8, 4) is 0 Å². The van der Waals surface area contributed by atoms with E-state index in [1.54, 1.807) is 0 Å². The Hall–Kier alpha value is -1.12. The maximum atomic E-state index is 3.62. The van der Waals surface area contributed by atoms with Crippen molar-refractivity contribution in [2.24, 2.45) is 0 Å². The highest BCUT2D eigenvalue weighted by atomic mass is 79.9. The smallest absolute Gasteiger partial charge is 0.0579 e. The van der Waals surface area contributed by atoms with Gasteiger partial charge in [0.25, 0.3) is 0 Å². The summed E-state index contributed by atoms with van der Waals surface area (Å²) in [5.41, 5.74) is 6.63. The van der Waals surface area contributed by atoms with Crippen molar-refractivity contribution in [3.63, 3.8) is 0 Å². The summed E-state index contributed by atoms with van der Waals surface area (Å²) < 4.78 is 1.13. The molecular formula is C18H22BrN. The molecule has 0 spiro atoms. The van der Waals surface area contributed by atoms with E-state index in [-0.39, 0.29) is 6.04 Å². The number of hydrogen-bond acceptors (Lipinski definition) is 1. The zero-order valence-electron chi connectivity index (χ0n) is 12.6. The minimum Gasteiger partial charge on any atom is -0.307 e. The van der Waals surface area contributed by atoms with E-state index in [0.29, 0.717) is 0 Å².